The fraction of sp³-hybridized carbons (Fsp3) is 0.294. The van der Waals surface area contributed by atoms with Crippen molar-refractivity contribution in [2.75, 3.05) is 11.6 Å². The molecule has 0 heterocycles. The maximum absolute atomic E-state index is 5.83. The fourth-order valence-electron chi connectivity index (χ4n) is 1.95. The van der Waals surface area contributed by atoms with Crippen LogP contribution >= 0.6 is 11.8 Å². The summed E-state index contributed by atoms with van der Waals surface area (Å²) in [5.41, 5.74) is 2.31. The van der Waals surface area contributed by atoms with Crippen molar-refractivity contribution in [3.8, 4) is 5.75 Å². The summed E-state index contributed by atoms with van der Waals surface area (Å²) in [5.74, 6) is 0.955. The third-order valence-electron chi connectivity index (χ3n) is 2.89. The molecule has 0 saturated carbocycles. The molecule has 3 heteroatoms. The molecule has 1 N–H and O–H groups in total. The first kappa shape index (κ1) is 14.8. The van der Waals surface area contributed by atoms with Gasteiger partial charge in [0.15, 0.2) is 0 Å². The van der Waals surface area contributed by atoms with E-state index < -0.39 is 0 Å². The number of hydrogen-bond donors (Lipinski definition) is 1. The molecule has 0 atom stereocenters. The van der Waals surface area contributed by atoms with E-state index in [2.05, 4.69) is 41.9 Å². The Bertz CT molecular complexity index is 554. The molecule has 0 saturated heterocycles. The molecule has 2 rings (SSSR count). The quantitative estimate of drug-likeness (QED) is 0.771. The van der Waals surface area contributed by atoms with E-state index in [1.54, 1.807) is 11.8 Å². The zero-order valence-electron chi connectivity index (χ0n) is 12.2. The molecule has 0 aliphatic rings. The van der Waals surface area contributed by atoms with Crippen LogP contribution in [-0.2, 0) is 6.54 Å². The minimum absolute atomic E-state index is 0.191. The number of rotatable bonds is 6. The molecule has 0 aliphatic carbocycles. The SMILES string of the molecule is CSc1cccc(NCc2ccccc2OC(C)C)c1. The number of thioether (sulfide) groups is 1. The topological polar surface area (TPSA) is 21.3 Å². The minimum Gasteiger partial charge on any atom is -0.491 e. The van der Waals surface area contributed by atoms with E-state index >= 15 is 0 Å². The highest BCUT2D eigenvalue weighted by Crippen LogP contribution is 2.23. The molecule has 0 aromatic heterocycles. The van der Waals surface area contributed by atoms with Crippen LogP contribution in [0.2, 0.25) is 0 Å². The van der Waals surface area contributed by atoms with Gasteiger partial charge in [0.05, 0.1) is 6.10 Å². The van der Waals surface area contributed by atoms with Crippen molar-refractivity contribution in [2.45, 2.75) is 31.4 Å². The number of para-hydroxylation sites is 1. The normalized spacial score (nSPS) is 10.6. The summed E-state index contributed by atoms with van der Waals surface area (Å²) in [6.07, 6.45) is 2.28. The van der Waals surface area contributed by atoms with Crippen molar-refractivity contribution in [1.29, 1.82) is 0 Å². The third kappa shape index (κ3) is 4.20. The maximum Gasteiger partial charge on any atom is 0.124 e. The summed E-state index contributed by atoms with van der Waals surface area (Å²) in [7, 11) is 0. The van der Waals surface area contributed by atoms with Crippen LogP contribution in [0.3, 0.4) is 0 Å². The Hall–Kier alpha value is -1.61. The van der Waals surface area contributed by atoms with Gasteiger partial charge < -0.3 is 10.1 Å². The van der Waals surface area contributed by atoms with Crippen LogP contribution in [0.15, 0.2) is 53.4 Å². The average Bonchev–Trinajstić information content (AvgIpc) is 2.46. The molecule has 0 radical (unpaired) electrons. The van der Waals surface area contributed by atoms with E-state index in [4.69, 9.17) is 4.74 Å². The van der Waals surface area contributed by atoms with Gasteiger partial charge in [-0.15, -0.1) is 11.8 Å². The monoisotopic (exact) mass is 287 g/mol. The number of nitrogens with one attached hydrogen (secondary N) is 1. The summed E-state index contributed by atoms with van der Waals surface area (Å²) >= 11 is 1.75. The molecule has 0 spiro atoms. The lowest BCUT2D eigenvalue weighted by Gasteiger charge is -2.15. The largest absolute Gasteiger partial charge is 0.491 e. The highest BCUT2D eigenvalue weighted by atomic mass is 32.2. The van der Waals surface area contributed by atoms with Gasteiger partial charge in [0, 0.05) is 22.7 Å². The van der Waals surface area contributed by atoms with Crippen LogP contribution in [0.25, 0.3) is 0 Å². The molecule has 0 amide bonds. The van der Waals surface area contributed by atoms with E-state index in [0.717, 1.165) is 18.0 Å². The second-order valence-electron chi connectivity index (χ2n) is 4.86. The Morgan fingerprint density at radius 2 is 1.90 bits per heavy atom. The molecule has 0 fully saturated rings. The Morgan fingerprint density at radius 3 is 2.65 bits per heavy atom. The highest BCUT2D eigenvalue weighted by molar-refractivity contribution is 7.98. The predicted molar refractivity (Wildman–Crippen MR) is 87.8 cm³/mol. The lowest BCUT2D eigenvalue weighted by atomic mass is 10.2. The first-order chi connectivity index (χ1) is 9.69. The zero-order chi connectivity index (χ0) is 14.4. The molecule has 0 bridgehead atoms. The van der Waals surface area contributed by atoms with Gasteiger partial charge in [-0.1, -0.05) is 24.3 Å². The van der Waals surface area contributed by atoms with Crippen LogP contribution in [0.4, 0.5) is 5.69 Å². The first-order valence-corrected chi connectivity index (χ1v) is 8.04. The summed E-state index contributed by atoms with van der Waals surface area (Å²) in [5, 5.41) is 3.46. The van der Waals surface area contributed by atoms with Crippen LogP contribution in [0, 0.1) is 0 Å². The van der Waals surface area contributed by atoms with Crippen LogP contribution in [0.1, 0.15) is 19.4 Å². The minimum atomic E-state index is 0.191. The first-order valence-electron chi connectivity index (χ1n) is 6.81. The van der Waals surface area contributed by atoms with E-state index in [-0.39, 0.29) is 6.10 Å². The molecule has 2 aromatic rings. The molecular weight excluding hydrogens is 266 g/mol. The van der Waals surface area contributed by atoms with Crippen molar-refractivity contribution >= 4 is 17.4 Å². The van der Waals surface area contributed by atoms with Crippen LogP contribution < -0.4 is 10.1 Å². The van der Waals surface area contributed by atoms with Gasteiger partial charge in [-0.25, -0.2) is 0 Å². The summed E-state index contributed by atoms with van der Waals surface area (Å²) < 4.78 is 5.83. The van der Waals surface area contributed by atoms with Crippen LogP contribution in [-0.4, -0.2) is 12.4 Å². The van der Waals surface area contributed by atoms with Crippen molar-refractivity contribution in [3.05, 3.63) is 54.1 Å². The van der Waals surface area contributed by atoms with Gasteiger partial charge in [0.25, 0.3) is 0 Å². The summed E-state index contributed by atoms with van der Waals surface area (Å²) in [6.45, 7) is 4.86. The zero-order valence-corrected chi connectivity index (χ0v) is 13.0. The Labute approximate surface area is 125 Å². The van der Waals surface area contributed by atoms with Gasteiger partial charge in [0.1, 0.15) is 5.75 Å². The van der Waals surface area contributed by atoms with Gasteiger partial charge in [0.2, 0.25) is 0 Å². The predicted octanol–water partition coefficient (Wildman–Crippen LogP) is 4.81. The van der Waals surface area contributed by atoms with Crippen molar-refractivity contribution in [1.82, 2.24) is 0 Å². The molecule has 0 aliphatic heterocycles. The Kier molecular flexibility index (Phi) is 5.36. The van der Waals surface area contributed by atoms with Crippen molar-refractivity contribution in [3.63, 3.8) is 0 Å². The average molecular weight is 287 g/mol. The number of ether oxygens (including phenoxy) is 1. The van der Waals surface area contributed by atoms with Gasteiger partial charge in [-0.3, -0.25) is 0 Å². The number of anilines is 1. The highest BCUT2D eigenvalue weighted by Gasteiger charge is 2.04. The summed E-state index contributed by atoms with van der Waals surface area (Å²) in [6, 6.07) is 16.6. The molecule has 2 aromatic carbocycles. The molecular formula is C17H21NOS. The lowest BCUT2D eigenvalue weighted by Crippen LogP contribution is -2.09. The second-order valence-corrected chi connectivity index (χ2v) is 5.74. The van der Waals surface area contributed by atoms with Crippen molar-refractivity contribution < 1.29 is 4.74 Å². The molecule has 2 nitrogen and oxygen atoms in total. The number of hydrogen-bond acceptors (Lipinski definition) is 3. The smallest absolute Gasteiger partial charge is 0.124 e. The number of benzene rings is 2. The van der Waals surface area contributed by atoms with Gasteiger partial charge >= 0.3 is 0 Å². The van der Waals surface area contributed by atoms with E-state index in [0.29, 0.717) is 0 Å². The molecule has 106 valence electrons. The molecule has 0 unspecified atom stereocenters. The fourth-order valence-corrected chi connectivity index (χ4v) is 2.41. The maximum atomic E-state index is 5.83. The summed E-state index contributed by atoms with van der Waals surface area (Å²) in [4.78, 5) is 1.27. The Balaban J connectivity index is 2.06. The standard InChI is InChI=1S/C17H21NOS/c1-13(2)19-17-10-5-4-7-14(17)12-18-15-8-6-9-16(11-15)20-3/h4-11,13,18H,12H2,1-3H3. The van der Waals surface area contributed by atoms with E-state index in [1.807, 2.05) is 32.0 Å². The van der Waals surface area contributed by atoms with Crippen LogP contribution in [0.5, 0.6) is 5.75 Å². The third-order valence-corrected chi connectivity index (χ3v) is 3.61. The van der Waals surface area contributed by atoms with Gasteiger partial charge in [-0.2, -0.15) is 0 Å². The lowest BCUT2D eigenvalue weighted by molar-refractivity contribution is 0.240. The molecule has 20 heavy (non-hydrogen) atoms. The second kappa shape index (κ2) is 7.25. The van der Waals surface area contributed by atoms with Gasteiger partial charge in [-0.05, 0) is 44.4 Å². The van der Waals surface area contributed by atoms with E-state index in [1.165, 1.54) is 10.5 Å². The van der Waals surface area contributed by atoms with E-state index in [9.17, 15) is 0 Å². The Morgan fingerprint density at radius 1 is 1.10 bits per heavy atom. The van der Waals surface area contributed by atoms with Crippen molar-refractivity contribution in [2.24, 2.45) is 0 Å².